The summed E-state index contributed by atoms with van der Waals surface area (Å²) >= 11 is 0. The van der Waals surface area contributed by atoms with Gasteiger partial charge in [-0.05, 0) is 32.1 Å². The lowest BCUT2D eigenvalue weighted by atomic mass is 10.3. The molecule has 0 radical (unpaired) electrons. The number of nitrogens with zero attached hydrogens (tertiary/aromatic N) is 1. The first-order chi connectivity index (χ1) is 6.68. The number of pyridine rings is 1. The van der Waals surface area contributed by atoms with Crippen LogP contribution in [-0.4, -0.2) is 17.1 Å². The zero-order valence-electron chi connectivity index (χ0n) is 8.31. The molecule has 0 aromatic carbocycles. The number of aromatic nitrogens is 1. The number of rotatable bonds is 3. The molecule has 0 unspecified atom stereocenters. The second-order valence-corrected chi connectivity index (χ2v) is 3.07. The zero-order valence-corrected chi connectivity index (χ0v) is 8.31. The van der Waals surface area contributed by atoms with E-state index >= 15 is 0 Å². The fraction of sp³-hybridized carbons (Fsp3) is 0.273. The molecule has 1 aromatic rings. The fourth-order valence-electron chi connectivity index (χ4n) is 0.900. The van der Waals surface area contributed by atoms with E-state index < -0.39 is 0 Å². The van der Waals surface area contributed by atoms with Gasteiger partial charge >= 0.3 is 5.97 Å². The normalized spacial score (nSPS) is 10.8. The van der Waals surface area contributed by atoms with Gasteiger partial charge in [-0.2, -0.15) is 0 Å². The summed E-state index contributed by atoms with van der Waals surface area (Å²) in [6, 6.07) is 5.50. The second kappa shape index (κ2) is 5.17. The highest BCUT2D eigenvalue weighted by molar-refractivity contribution is 5.86. The first-order valence-electron chi connectivity index (χ1n) is 4.48. The van der Waals surface area contributed by atoms with Gasteiger partial charge in [0, 0.05) is 12.3 Å². The van der Waals surface area contributed by atoms with Crippen molar-refractivity contribution in [3.05, 3.63) is 36.2 Å². The molecule has 0 fully saturated rings. The Morgan fingerprint density at radius 1 is 1.50 bits per heavy atom. The van der Waals surface area contributed by atoms with Gasteiger partial charge in [0.15, 0.2) is 0 Å². The van der Waals surface area contributed by atoms with Gasteiger partial charge in [-0.25, -0.2) is 4.79 Å². The second-order valence-electron chi connectivity index (χ2n) is 3.07. The summed E-state index contributed by atoms with van der Waals surface area (Å²) in [6.45, 7) is 3.62. The van der Waals surface area contributed by atoms with Crippen molar-refractivity contribution in [2.75, 3.05) is 0 Å². The van der Waals surface area contributed by atoms with E-state index in [0.717, 1.165) is 5.69 Å². The highest BCUT2D eigenvalue weighted by Crippen LogP contribution is 1.97. The summed E-state index contributed by atoms with van der Waals surface area (Å²) in [5, 5.41) is 0. The largest absolute Gasteiger partial charge is 0.460 e. The summed E-state index contributed by atoms with van der Waals surface area (Å²) < 4.78 is 4.92. The molecule has 0 saturated heterocycles. The minimum atomic E-state index is -0.342. The van der Waals surface area contributed by atoms with Gasteiger partial charge in [-0.1, -0.05) is 6.07 Å². The van der Waals surface area contributed by atoms with Gasteiger partial charge < -0.3 is 4.74 Å². The van der Waals surface area contributed by atoms with Crippen LogP contribution in [0.15, 0.2) is 30.5 Å². The van der Waals surface area contributed by atoms with Crippen molar-refractivity contribution in [2.24, 2.45) is 0 Å². The molecule has 1 aromatic heterocycles. The van der Waals surface area contributed by atoms with E-state index in [1.54, 1.807) is 12.3 Å². The van der Waals surface area contributed by atoms with Crippen LogP contribution in [0.4, 0.5) is 0 Å². The molecule has 0 aliphatic heterocycles. The first-order valence-corrected chi connectivity index (χ1v) is 4.48. The third-order valence-electron chi connectivity index (χ3n) is 1.43. The van der Waals surface area contributed by atoms with Crippen molar-refractivity contribution in [3.8, 4) is 0 Å². The molecule has 0 amide bonds. The molecule has 0 aliphatic rings. The Balaban J connectivity index is 2.52. The number of carbonyl (C=O) groups is 1. The molecule has 14 heavy (non-hydrogen) atoms. The quantitative estimate of drug-likeness (QED) is 0.542. The van der Waals surface area contributed by atoms with Crippen LogP contribution >= 0.6 is 0 Å². The summed E-state index contributed by atoms with van der Waals surface area (Å²) in [4.78, 5) is 15.1. The van der Waals surface area contributed by atoms with Gasteiger partial charge in [0.1, 0.15) is 0 Å². The van der Waals surface area contributed by atoms with E-state index in [2.05, 4.69) is 4.98 Å². The van der Waals surface area contributed by atoms with Crippen molar-refractivity contribution < 1.29 is 9.53 Å². The number of hydrogen-bond acceptors (Lipinski definition) is 3. The predicted molar refractivity (Wildman–Crippen MR) is 54.5 cm³/mol. The van der Waals surface area contributed by atoms with Crippen LogP contribution in [0.25, 0.3) is 6.08 Å². The van der Waals surface area contributed by atoms with E-state index in [4.69, 9.17) is 4.74 Å². The molecule has 0 saturated carbocycles. The average Bonchev–Trinajstić information content (AvgIpc) is 2.15. The fourth-order valence-corrected chi connectivity index (χ4v) is 0.900. The number of ether oxygens (including phenoxy) is 1. The molecule has 3 nitrogen and oxygen atoms in total. The zero-order chi connectivity index (χ0) is 10.4. The van der Waals surface area contributed by atoms with Gasteiger partial charge in [0.25, 0.3) is 0 Å². The number of carbonyl (C=O) groups excluding carboxylic acids is 1. The number of hydrogen-bond donors (Lipinski definition) is 0. The highest BCUT2D eigenvalue weighted by Gasteiger charge is 1.99. The molecule has 0 bridgehead atoms. The van der Waals surface area contributed by atoms with Gasteiger partial charge in [0.05, 0.1) is 11.8 Å². The minimum absolute atomic E-state index is 0.0871. The van der Waals surface area contributed by atoms with E-state index in [1.807, 2.05) is 32.0 Å². The lowest BCUT2D eigenvalue weighted by molar-refractivity contribution is -0.141. The third kappa shape index (κ3) is 3.85. The van der Waals surface area contributed by atoms with Crippen LogP contribution in [0.5, 0.6) is 0 Å². The van der Waals surface area contributed by atoms with Crippen LogP contribution in [0.1, 0.15) is 19.5 Å². The Morgan fingerprint density at radius 2 is 2.29 bits per heavy atom. The molecule has 0 N–H and O–H groups in total. The topological polar surface area (TPSA) is 39.2 Å². The maximum atomic E-state index is 11.1. The Kier molecular flexibility index (Phi) is 3.85. The van der Waals surface area contributed by atoms with Crippen LogP contribution < -0.4 is 0 Å². The molecule has 1 rings (SSSR count). The molecule has 3 heteroatoms. The molecular formula is C11H13NO2. The van der Waals surface area contributed by atoms with E-state index in [1.165, 1.54) is 6.08 Å². The molecule has 0 atom stereocenters. The summed E-state index contributed by atoms with van der Waals surface area (Å²) in [5.74, 6) is -0.342. The summed E-state index contributed by atoms with van der Waals surface area (Å²) in [6.07, 6.45) is 4.59. The van der Waals surface area contributed by atoms with E-state index in [0.29, 0.717) is 0 Å². The first kappa shape index (κ1) is 10.4. The SMILES string of the molecule is CC(C)OC(=O)/C=C/c1ccccn1. The predicted octanol–water partition coefficient (Wildman–Crippen LogP) is 2.05. The van der Waals surface area contributed by atoms with Gasteiger partial charge in [-0.15, -0.1) is 0 Å². The van der Waals surface area contributed by atoms with Crippen LogP contribution in [0.3, 0.4) is 0 Å². The van der Waals surface area contributed by atoms with Gasteiger partial charge in [0.2, 0.25) is 0 Å². The monoisotopic (exact) mass is 191 g/mol. The molecular weight excluding hydrogens is 178 g/mol. The third-order valence-corrected chi connectivity index (χ3v) is 1.43. The highest BCUT2D eigenvalue weighted by atomic mass is 16.5. The minimum Gasteiger partial charge on any atom is -0.460 e. The summed E-state index contributed by atoms with van der Waals surface area (Å²) in [7, 11) is 0. The molecule has 74 valence electrons. The maximum absolute atomic E-state index is 11.1. The van der Waals surface area contributed by atoms with Gasteiger partial charge in [-0.3, -0.25) is 4.98 Å². The Labute approximate surface area is 83.4 Å². The molecule has 0 spiro atoms. The van der Waals surface area contributed by atoms with Crippen LogP contribution in [-0.2, 0) is 9.53 Å². The maximum Gasteiger partial charge on any atom is 0.331 e. The van der Waals surface area contributed by atoms with Crippen molar-refractivity contribution in [3.63, 3.8) is 0 Å². The van der Waals surface area contributed by atoms with E-state index in [9.17, 15) is 4.79 Å². The molecule has 1 heterocycles. The number of esters is 1. The Morgan fingerprint density at radius 3 is 2.86 bits per heavy atom. The Hall–Kier alpha value is -1.64. The van der Waals surface area contributed by atoms with Crippen molar-refractivity contribution in [1.29, 1.82) is 0 Å². The van der Waals surface area contributed by atoms with Crippen LogP contribution in [0.2, 0.25) is 0 Å². The lowest BCUT2D eigenvalue weighted by Gasteiger charge is -2.03. The average molecular weight is 191 g/mol. The standard InChI is InChI=1S/C11H13NO2/c1-9(2)14-11(13)7-6-10-5-3-4-8-12-10/h3-9H,1-2H3/b7-6+. The Bertz CT molecular complexity index is 317. The van der Waals surface area contributed by atoms with Crippen molar-refractivity contribution >= 4 is 12.0 Å². The molecule has 0 aliphatic carbocycles. The smallest absolute Gasteiger partial charge is 0.331 e. The lowest BCUT2D eigenvalue weighted by Crippen LogP contribution is -2.08. The van der Waals surface area contributed by atoms with Crippen LogP contribution in [0, 0.1) is 0 Å². The summed E-state index contributed by atoms with van der Waals surface area (Å²) in [5.41, 5.74) is 0.744. The van der Waals surface area contributed by atoms with E-state index in [-0.39, 0.29) is 12.1 Å². The van der Waals surface area contributed by atoms with Crippen molar-refractivity contribution in [1.82, 2.24) is 4.98 Å². The van der Waals surface area contributed by atoms with Crippen molar-refractivity contribution in [2.45, 2.75) is 20.0 Å².